The monoisotopic (exact) mass is 317 g/mol. The van der Waals surface area contributed by atoms with Crippen molar-refractivity contribution in [2.45, 2.75) is 6.54 Å². The largest absolute Gasteiger partial charge is 0.334 e. The molecule has 0 saturated heterocycles. The van der Waals surface area contributed by atoms with Crippen molar-refractivity contribution in [3.8, 4) is 0 Å². The van der Waals surface area contributed by atoms with E-state index in [9.17, 15) is 9.59 Å². The lowest BCUT2D eigenvalue weighted by atomic mass is 10.2. The van der Waals surface area contributed by atoms with Crippen LogP contribution >= 0.6 is 11.6 Å². The molecule has 0 aliphatic heterocycles. The average molecular weight is 318 g/mol. The predicted molar refractivity (Wildman–Crippen MR) is 86.8 cm³/mol. The molecule has 6 heteroatoms. The minimum atomic E-state index is -0.393. The van der Waals surface area contributed by atoms with Gasteiger partial charge < -0.3 is 16.0 Å². The van der Waals surface area contributed by atoms with Crippen molar-refractivity contribution in [3.63, 3.8) is 0 Å². The summed E-state index contributed by atoms with van der Waals surface area (Å²) >= 11 is 5.76. The Labute approximate surface area is 133 Å². The van der Waals surface area contributed by atoms with Gasteiger partial charge in [-0.2, -0.15) is 0 Å². The molecule has 0 fully saturated rings. The van der Waals surface area contributed by atoms with Crippen LogP contribution in [-0.4, -0.2) is 18.5 Å². The lowest BCUT2D eigenvalue weighted by Gasteiger charge is -2.08. The molecule has 0 saturated carbocycles. The minimum Gasteiger partial charge on any atom is -0.334 e. The van der Waals surface area contributed by atoms with Crippen LogP contribution in [0.2, 0.25) is 5.02 Å². The molecule has 0 aliphatic rings. The molecule has 2 aromatic rings. The van der Waals surface area contributed by atoms with Gasteiger partial charge in [0.05, 0.1) is 6.54 Å². The number of rotatable bonds is 5. The molecule has 0 atom stereocenters. The van der Waals surface area contributed by atoms with Gasteiger partial charge in [-0.15, -0.1) is 0 Å². The zero-order chi connectivity index (χ0) is 15.8. The van der Waals surface area contributed by atoms with E-state index in [0.29, 0.717) is 17.3 Å². The third-order valence-corrected chi connectivity index (χ3v) is 3.09. The van der Waals surface area contributed by atoms with E-state index >= 15 is 0 Å². The second-order valence-corrected chi connectivity index (χ2v) is 5.01. The highest BCUT2D eigenvalue weighted by molar-refractivity contribution is 6.30. The van der Waals surface area contributed by atoms with Crippen LogP contribution in [0.3, 0.4) is 0 Å². The fourth-order valence-corrected chi connectivity index (χ4v) is 1.87. The Hall–Kier alpha value is -2.53. The molecule has 0 heterocycles. The van der Waals surface area contributed by atoms with Gasteiger partial charge in [0.2, 0.25) is 5.91 Å². The molecule has 3 amide bonds. The summed E-state index contributed by atoms with van der Waals surface area (Å²) in [5, 5.41) is 8.43. The Morgan fingerprint density at radius 3 is 2.27 bits per heavy atom. The molecular formula is C16H16ClN3O2. The Balaban J connectivity index is 1.69. The molecule has 3 N–H and O–H groups in total. The fourth-order valence-electron chi connectivity index (χ4n) is 1.74. The van der Waals surface area contributed by atoms with Gasteiger partial charge in [-0.1, -0.05) is 41.9 Å². The first kappa shape index (κ1) is 15.9. The molecule has 0 spiro atoms. The number of benzene rings is 2. The van der Waals surface area contributed by atoms with Crippen molar-refractivity contribution in [2.75, 3.05) is 11.9 Å². The number of urea groups is 1. The molecule has 114 valence electrons. The smallest absolute Gasteiger partial charge is 0.315 e. The van der Waals surface area contributed by atoms with Gasteiger partial charge >= 0.3 is 6.03 Å². The number of carbonyl (C=O) groups is 2. The summed E-state index contributed by atoms with van der Waals surface area (Å²) in [5.41, 5.74) is 1.61. The van der Waals surface area contributed by atoms with Crippen LogP contribution in [0.5, 0.6) is 0 Å². The lowest BCUT2D eigenvalue weighted by molar-refractivity contribution is -0.115. The molecule has 0 aliphatic carbocycles. The molecule has 2 rings (SSSR count). The summed E-state index contributed by atoms with van der Waals surface area (Å²) in [4.78, 5) is 23.3. The number of anilines is 1. The maximum Gasteiger partial charge on any atom is 0.315 e. The zero-order valence-electron chi connectivity index (χ0n) is 11.8. The molecular weight excluding hydrogens is 302 g/mol. The van der Waals surface area contributed by atoms with Crippen LogP contribution in [0.4, 0.5) is 10.5 Å². The number of hydrogen-bond donors (Lipinski definition) is 3. The SMILES string of the molecule is O=C(CNC(=O)NCc1ccccc1)Nc1ccc(Cl)cc1. The van der Waals surface area contributed by atoms with Crippen LogP contribution in [-0.2, 0) is 11.3 Å². The van der Waals surface area contributed by atoms with Crippen molar-refractivity contribution in [1.82, 2.24) is 10.6 Å². The standard InChI is InChI=1S/C16H16ClN3O2/c17-13-6-8-14(9-7-13)20-15(21)11-19-16(22)18-10-12-4-2-1-3-5-12/h1-9H,10-11H2,(H,20,21)(H2,18,19,22). The van der Waals surface area contributed by atoms with Gasteiger partial charge in [0.15, 0.2) is 0 Å². The molecule has 0 unspecified atom stereocenters. The second kappa shape index (κ2) is 8.05. The van der Waals surface area contributed by atoms with Crippen LogP contribution in [0.25, 0.3) is 0 Å². The highest BCUT2D eigenvalue weighted by Gasteiger charge is 2.05. The number of nitrogens with one attached hydrogen (secondary N) is 3. The first-order valence-corrected chi connectivity index (χ1v) is 7.12. The summed E-state index contributed by atoms with van der Waals surface area (Å²) < 4.78 is 0. The number of halogens is 1. The van der Waals surface area contributed by atoms with Crippen LogP contribution in [0, 0.1) is 0 Å². The molecule has 22 heavy (non-hydrogen) atoms. The normalized spacial score (nSPS) is 9.86. The van der Waals surface area contributed by atoms with Crippen molar-refractivity contribution >= 4 is 29.2 Å². The molecule has 0 radical (unpaired) electrons. The van der Waals surface area contributed by atoms with Crippen LogP contribution in [0.1, 0.15) is 5.56 Å². The summed E-state index contributed by atoms with van der Waals surface area (Å²) in [6, 6.07) is 15.9. The van der Waals surface area contributed by atoms with Crippen LogP contribution in [0.15, 0.2) is 54.6 Å². The maximum absolute atomic E-state index is 11.7. The van der Waals surface area contributed by atoms with Crippen molar-refractivity contribution in [1.29, 1.82) is 0 Å². The van der Waals surface area contributed by atoms with Crippen molar-refractivity contribution < 1.29 is 9.59 Å². The number of hydrogen-bond acceptors (Lipinski definition) is 2. The van der Waals surface area contributed by atoms with Crippen LogP contribution < -0.4 is 16.0 Å². The van der Waals surface area contributed by atoms with Gasteiger partial charge in [-0.05, 0) is 29.8 Å². The fraction of sp³-hybridized carbons (Fsp3) is 0.125. The first-order chi connectivity index (χ1) is 10.6. The average Bonchev–Trinajstić information content (AvgIpc) is 2.54. The van der Waals surface area contributed by atoms with E-state index < -0.39 is 6.03 Å². The van der Waals surface area contributed by atoms with E-state index in [1.54, 1.807) is 24.3 Å². The molecule has 5 nitrogen and oxygen atoms in total. The highest BCUT2D eigenvalue weighted by Crippen LogP contribution is 2.12. The Morgan fingerprint density at radius 2 is 1.59 bits per heavy atom. The number of carbonyl (C=O) groups excluding carboxylic acids is 2. The van der Waals surface area contributed by atoms with Gasteiger partial charge in [0, 0.05) is 17.3 Å². The summed E-state index contributed by atoms with van der Waals surface area (Å²) in [6.45, 7) is 0.300. The predicted octanol–water partition coefficient (Wildman–Crippen LogP) is 2.78. The Bertz CT molecular complexity index is 630. The highest BCUT2D eigenvalue weighted by atomic mass is 35.5. The van der Waals surface area contributed by atoms with Gasteiger partial charge in [-0.3, -0.25) is 4.79 Å². The lowest BCUT2D eigenvalue weighted by Crippen LogP contribution is -2.39. The first-order valence-electron chi connectivity index (χ1n) is 6.74. The maximum atomic E-state index is 11.7. The van der Waals surface area contributed by atoms with Crippen molar-refractivity contribution in [2.24, 2.45) is 0 Å². The van der Waals surface area contributed by atoms with Gasteiger partial charge in [0.1, 0.15) is 0 Å². The van der Waals surface area contributed by atoms with E-state index in [0.717, 1.165) is 5.56 Å². The van der Waals surface area contributed by atoms with Crippen molar-refractivity contribution in [3.05, 3.63) is 65.2 Å². The molecule has 0 bridgehead atoms. The van der Waals surface area contributed by atoms with E-state index in [2.05, 4.69) is 16.0 Å². The molecule has 0 aromatic heterocycles. The summed E-state index contributed by atoms with van der Waals surface area (Å²) in [5.74, 6) is -0.308. The quantitative estimate of drug-likeness (QED) is 0.793. The second-order valence-electron chi connectivity index (χ2n) is 4.58. The Morgan fingerprint density at radius 1 is 0.909 bits per heavy atom. The summed E-state index contributed by atoms with van der Waals surface area (Å²) in [6.07, 6.45) is 0. The molecule has 2 aromatic carbocycles. The van der Waals surface area contributed by atoms with E-state index in [4.69, 9.17) is 11.6 Å². The van der Waals surface area contributed by atoms with Gasteiger partial charge in [-0.25, -0.2) is 4.79 Å². The zero-order valence-corrected chi connectivity index (χ0v) is 12.6. The minimum absolute atomic E-state index is 0.108. The number of amides is 3. The topological polar surface area (TPSA) is 70.2 Å². The van der Waals surface area contributed by atoms with E-state index in [-0.39, 0.29) is 12.5 Å². The third-order valence-electron chi connectivity index (χ3n) is 2.83. The Kier molecular flexibility index (Phi) is 5.80. The van der Waals surface area contributed by atoms with E-state index in [1.807, 2.05) is 30.3 Å². The summed E-state index contributed by atoms with van der Waals surface area (Å²) in [7, 11) is 0. The third kappa shape index (κ3) is 5.46. The van der Waals surface area contributed by atoms with Gasteiger partial charge in [0.25, 0.3) is 0 Å². The van der Waals surface area contributed by atoms with E-state index in [1.165, 1.54) is 0 Å².